The van der Waals surface area contributed by atoms with Gasteiger partial charge in [-0.25, -0.2) is 17.6 Å². The number of esters is 1. The van der Waals surface area contributed by atoms with Gasteiger partial charge in [0.1, 0.15) is 15.6 Å². The lowest BCUT2D eigenvalue weighted by Crippen LogP contribution is -2.04. The number of rotatable bonds is 3. The molecule has 1 aromatic carbocycles. The highest BCUT2D eigenvalue weighted by molar-refractivity contribution is 8.14. The number of benzene rings is 1. The summed E-state index contributed by atoms with van der Waals surface area (Å²) in [6.45, 7) is 0. The van der Waals surface area contributed by atoms with Crippen molar-refractivity contribution in [2.75, 3.05) is 7.11 Å². The van der Waals surface area contributed by atoms with Gasteiger partial charge in [0, 0.05) is 21.6 Å². The van der Waals surface area contributed by atoms with Crippen LogP contribution in [0.3, 0.4) is 0 Å². The molecule has 4 nitrogen and oxygen atoms in total. The molecule has 0 N–H and O–H groups in total. The van der Waals surface area contributed by atoms with Gasteiger partial charge in [0.25, 0.3) is 9.05 Å². The summed E-state index contributed by atoms with van der Waals surface area (Å²) in [4.78, 5) is 11.2. The maximum Gasteiger partial charge on any atom is 0.349 e. The van der Waals surface area contributed by atoms with Crippen LogP contribution in [0.1, 0.15) is 9.67 Å². The molecule has 0 spiro atoms. The fourth-order valence-corrected chi connectivity index (χ4v) is 4.45. The van der Waals surface area contributed by atoms with Crippen LogP contribution in [0.5, 0.6) is 0 Å². The zero-order valence-electron chi connectivity index (χ0n) is 10.1. The topological polar surface area (TPSA) is 60.4 Å². The fourth-order valence-electron chi connectivity index (χ4n) is 1.65. The average molecular weight is 335 g/mol. The molecule has 106 valence electrons. The summed E-state index contributed by atoms with van der Waals surface area (Å²) in [7, 11) is 2.39. The molecule has 1 heterocycles. The summed E-state index contributed by atoms with van der Waals surface area (Å²) in [6, 6.07) is 5.19. The monoisotopic (exact) mass is 334 g/mol. The lowest BCUT2D eigenvalue weighted by Gasteiger charge is -2.04. The SMILES string of the molecule is COC(=O)c1scc(-c2ccc(F)cc2)c1S(=O)(=O)Cl. The molecule has 8 heteroatoms. The van der Waals surface area contributed by atoms with Crippen molar-refractivity contribution in [1.29, 1.82) is 0 Å². The number of ether oxygens (including phenoxy) is 1. The summed E-state index contributed by atoms with van der Waals surface area (Å²) in [5.41, 5.74) is 0.683. The molecular weight excluding hydrogens is 327 g/mol. The summed E-state index contributed by atoms with van der Waals surface area (Å²) < 4.78 is 40.8. The molecule has 0 radical (unpaired) electrons. The first-order chi connectivity index (χ1) is 9.34. The van der Waals surface area contributed by atoms with Crippen LogP contribution in [-0.2, 0) is 13.8 Å². The molecule has 0 unspecified atom stereocenters. The van der Waals surface area contributed by atoms with Crippen molar-refractivity contribution in [2.24, 2.45) is 0 Å². The molecule has 20 heavy (non-hydrogen) atoms. The van der Waals surface area contributed by atoms with E-state index < -0.39 is 20.8 Å². The maximum atomic E-state index is 12.9. The molecule has 0 atom stereocenters. The number of hydrogen-bond acceptors (Lipinski definition) is 5. The number of methoxy groups -OCH3 is 1. The molecule has 0 amide bonds. The van der Waals surface area contributed by atoms with Gasteiger partial charge in [0.05, 0.1) is 7.11 Å². The Morgan fingerprint density at radius 2 is 1.90 bits per heavy atom. The third-order valence-electron chi connectivity index (χ3n) is 2.52. The molecular formula is C12H8ClFO4S2. The largest absolute Gasteiger partial charge is 0.465 e. The number of carbonyl (C=O) groups is 1. The summed E-state index contributed by atoms with van der Waals surface area (Å²) in [5, 5.41) is 1.47. The van der Waals surface area contributed by atoms with Gasteiger partial charge in [-0.2, -0.15) is 0 Å². The first-order valence-corrected chi connectivity index (χ1v) is 8.44. The minimum Gasteiger partial charge on any atom is -0.465 e. The van der Waals surface area contributed by atoms with E-state index in [0.717, 1.165) is 18.4 Å². The quantitative estimate of drug-likeness (QED) is 0.638. The van der Waals surface area contributed by atoms with E-state index in [2.05, 4.69) is 4.74 Å². The molecule has 0 aliphatic heterocycles. The number of hydrogen-bond donors (Lipinski definition) is 0. The van der Waals surface area contributed by atoms with Crippen LogP contribution in [0.2, 0.25) is 0 Å². The number of thiophene rings is 1. The fraction of sp³-hybridized carbons (Fsp3) is 0.0833. The Labute approximate surface area is 123 Å². The van der Waals surface area contributed by atoms with E-state index in [9.17, 15) is 17.6 Å². The van der Waals surface area contributed by atoms with Crippen LogP contribution in [0.25, 0.3) is 11.1 Å². The molecule has 0 fully saturated rings. The Kier molecular flexibility index (Phi) is 4.12. The number of carbonyl (C=O) groups excluding carboxylic acids is 1. The highest BCUT2D eigenvalue weighted by Gasteiger charge is 2.28. The van der Waals surface area contributed by atoms with Gasteiger partial charge in [0.15, 0.2) is 0 Å². The normalized spacial score (nSPS) is 11.3. The Bertz CT molecular complexity index is 750. The van der Waals surface area contributed by atoms with Crippen molar-refractivity contribution < 1.29 is 22.3 Å². The van der Waals surface area contributed by atoms with Crippen LogP contribution in [0, 0.1) is 5.82 Å². The van der Waals surface area contributed by atoms with E-state index in [-0.39, 0.29) is 15.3 Å². The molecule has 1 aromatic heterocycles. The lowest BCUT2D eigenvalue weighted by atomic mass is 10.1. The molecule has 0 aliphatic carbocycles. The van der Waals surface area contributed by atoms with Crippen molar-refractivity contribution >= 4 is 37.0 Å². The van der Waals surface area contributed by atoms with E-state index in [1.165, 1.54) is 29.6 Å². The van der Waals surface area contributed by atoms with Crippen molar-refractivity contribution in [3.8, 4) is 11.1 Å². The molecule has 0 bridgehead atoms. The van der Waals surface area contributed by atoms with Crippen LogP contribution in [-0.4, -0.2) is 21.5 Å². The van der Waals surface area contributed by atoms with E-state index in [0.29, 0.717) is 5.56 Å². The molecule has 2 rings (SSSR count). The highest BCUT2D eigenvalue weighted by Crippen LogP contribution is 2.37. The van der Waals surface area contributed by atoms with Crippen molar-refractivity contribution in [1.82, 2.24) is 0 Å². The summed E-state index contributed by atoms with van der Waals surface area (Å²) in [6.07, 6.45) is 0. The van der Waals surface area contributed by atoms with Crippen LogP contribution in [0.15, 0.2) is 34.5 Å². The molecule has 0 saturated heterocycles. The molecule has 0 aliphatic rings. The highest BCUT2D eigenvalue weighted by atomic mass is 35.7. The van der Waals surface area contributed by atoms with Crippen molar-refractivity contribution in [2.45, 2.75) is 4.90 Å². The summed E-state index contributed by atoms with van der Waals surface area (Å²) in [5.74, 6) is -1.24. The van der Waals surface area contributed by atoms with Gasteiger partial charge in [-0.15, -0.1) is 11.3 Å². The Hall–Kier alpha value is -1.44. The third-order valence-corrected chi connectivity index (χ3v) is 4.98. The second kappa shape index (κ2) is 5.51. The maximum absolute atomic E-state index is 12.9. The minimum atomic E-state index is -4.15. The standard InChI is InChI=1S/C12H8ClFO4S2/c1-18-12(15)10-11(20(13,16)17)9(6-19-10)7-2-4-8(14)5-3-7/h2-6H,1H3. The predicted molar refractivity (Wildman–Crippen MR) is 74.1 cm³/mol. The Balaban J connectivity index is 2.69. The minimum absolute atomic E-state index is 0.109. The first-order valence-electron chi connectivity index (χ1n) is 5.25. The van der Waals surface area contributed by atoms with Crippen LogP contribution < -0.4 is 0 Å². The third kappa shape index (κ3) is 2.84. The van der Waals surface area contributed by atoms with Gasteiger partial charge in [-0.3, -0.25) is 0 Å². The zero-order chi connectivity index (χ0) is 14.9. The van der Waals surface area contributed by atoms with Crippen LogP contribution in [0.4, 0.5) is 4.39 Å². The second-order valence-corrected chi connectivity index (χ2v) is 7.13. The Morgan fingerprint density at radius 3 is 2.40 bits per heavy atom. The smallest absolute Gasteiger partial charge is 0.349 e. The van der Waals surface area contributed by atoms with E-state index in [4.69, 9.17) is 10.7 Å². The Morgan fingerprint density at radius 1 is 1.30 bits per heavy atom. The molecule has 0 saturated carbocycles. The predicted octanol–water partition coefficient (Wildman–Crippen LogP) is 3.27. The van der Waals surface area contributed by atoms with Gasteiger partial charge in [-0.05, 0) is 17.7 Å². The van der Waals surface area contributed by atoms with E-state index in [1.807, 2.05) is 0 Å². The number of halogens is 2. The second-order valence-electron chi connectivity index (χ2n) is 3.74. The van der Waals surface area contributed by atoms with Gasteiger partial charge in [0.2, 0.25) is 0 Å². The summed E-state index contributed by atoms with van der Waals surface area (Å²) >= 11 is 0.903. The van der Waals surface area contributed by atoms with Gasteiger partial charge < -0.3 is 4.74 Å². The van der Waals surface area contributed by atoms with E-state index in [1.54, 1.807) is 0 Å². The van der Waals surface area contributed by atoms with Gasteiger partial charge >= 0.3 is 5.97 Å². The van der Waals surface area contributed by atoms with E-state index >= 15 is 0 Å². The zero-order valence-corrected chi connectivity index (χ0v) is 12.5. The molecule has 2 aromatic rings. The average Bonchev–Trinajstić information content (AvgIpc) is 2.83. The van der Waals surface area contributed by atoms with Gasteiger partial charge in [-0.1, -0.05) is 12.1 Å². The first kappa shape index (κ1) is 15.0. The van der Waals surface area contributed by atoms with Crippen molar-refractivity contribution in [3.63, 3.8) is 0 Å². The van der Waals surface area contributed by atoms with Crippen molar-refractivity contribution in [3.05, 3.63) is 40.3 Å². The lowest BCUT2D eigenvalue weighted by molar-refractivity contribution is 0.0602. The van der Waals surface area contributed by atoms with Crippen LogP contribution >= 0.6 is 22.0 Å².